The molecule has 0 saturated heterocycles. The Morgan fingerprint density at radius 1 is 1.43 bits per heavy atom. The average molecular weight is 233 g/mol. The number of nitrogens with one attached hydrogen (secondary N) is 1. The molecule has 0 fully saturated rings. The van der Waals surface area contributed by atoms with E-state index in [9.17, 15) is 13.6 Å². The summed E-state index contributed by atoms with van der Waals surface area (Å²) in [5.41, 5.74) is 0.741. The van der Waals surface area contributed by atoms with Crippen molar-refractivity contribution in [3.63, 3.8) is 0 Å². The van der Waals surface area contributed by atoms with E-state index in [2.05, 4.69) is 4.99 Å². The third-order valence-electron chi connectivity index (χ3n) is 1.84. The van der Waals surface area contributed by atoms with Crippen LogP contribution in [-0.2, 0) is 9.05 Å². The quantitative estimate of drug-likeness (QED) is 0.559. The van der Waals surface area contributed by atoms with Gasteiger partial charge >= 0.3 is 0 Å². The van der Waals surface area contributed by atoms with E-state index in [4.69, 9.17) is 10.7 Å². The van der Waals surface area contributed by atoms with Gasteiger partial charge in [0.15, 0.2) is 12.0 Å². The Balaban J connectivity index is 2.58. The minimum absolute atomic E-state index is 0.0511. The van der Waals surface area contributed by atoms with Gasteiger partial charge in [-0.1, -0.05) is 0 Å². The van der Waals surface area contributed by atoms with Gasteiger partial charge in [-0.15, -0.1) is 0 Å². The van der Waals surface area contributed by atoms with Crippen LogP contribution in [0.2, 0.25) is 0 Å². The smallest absolute Gasteiger partial charge is 0.261 e. The number of hydrogen-bond donors (Lipinski definition) is 1. The molecule has 0 bridgehead atoms. The fourth-order valence-electron chi connectivity index (χ4n) is 1.18. The van der Waals surface area contributed by atoms with E-state index < -0.39 is 9.05 Å². The third kappa shape index (κ3) is 1.53. The summed E-state index contributed by atoms with van der Waals surface area (Å²) < 4.78 is 21.9. The zero-order chi connectivity index (χ0) is 10.3. The van der Waals surface area contributed by atoms with Crippen LogP contribution in [0.1, 0.15) is 0 Å². The van der Waals surface area contributed by atoms with E-state index in [1.54, 1.807) is 0 Å². The van der Waals surface area contributed by atoms with Crippen molar-refractivity contribution in [3.8, 4) is 0 Å². The zero-order valence-electron chi connectivity index (χ0n) is 6.77. The highest BCUT2D eigenvalue weighted by Gasteiger charge is 2.18. The molecule has 1 heterocycles. The average Bonchev–Trinajstić information content (AvgIpc) is 2.46. The molecule has 1 aromatic carbocycles. The minimum Gasteiger partial charge on any atom is -0.623 e. The van der Waals surface area contributed by atoms with Gasteiger partial charge in [0.05, 0.1) is 4.90 Å². The maximum absolute atomic E-state index is 11.1. The highest BCUT2D eigenvalue weighted by Crippen LogP contribution is 2.28. The van der Waals surface area contributed by atoms with Crippen LogP contribution in [-0.4, -0.2) is 14.8 Å². The summed E-state index contributed by atoms with van der Waals surface area (Å²) in [5, 5.41) is 10.9. The molecule has 1 unspecified atom stereocenters. The maximum atomic E-state index is 11.1. The second-order valence-corrected chi connectivity index (χ2v) is 5.31. The lowest BCUT2D eigenvalue weighted by molar-refractivity contribution is -0.655. The van der Waals surface area contributed by atoms with Gasteiger partial charge in [0, 0.05) is 16.7 Å². The highest BCUT2D eigenvalue weighted by molar-refractivity contribution is 8.13. The summed E-state index contributed by atoms with van der Waals surface area (Å²) >= 11 is 0. The monoisotopic (exact) mass is 232 g/mol. The minimum atomic E-state index is -3.75. The number of aliphatic imine (C=N–C) groups is 1. The zero-order valence-corrected chi connectivity index (χ0v) is 8.34. The van der Waals surface area contributed by atoms with Crippen molar-refractivity contribution in [2.24, 2.45) is 4.99 Å². The Bertz CT molecular complexity index is 512. The number of hydroxylamine groups is 1. The second-order valence-electron chi connectivity index (χ2n) is 2.74. The number of quaternary nitrogens is 1. The summed E-state index contributed by atoms with van der Waals surface area (Å²) in [5.74, 6) is 0. The summed E-state index contributed by atoms with van der Waals surface area (Å²) in [4.78, 5) is 3.71. The van der Waals surface area contributed by atoms with Crippen LogP contribution in [0, 0.1) is 5.21 Å². The predicted octanol–water partition coefficient (Wildman–Crippen LogP) is 0.302. The van der Waals surface area contributed by atoms with Gasteiger partial charge in [0.2, 0.25) is 0 Å². The van der Waals surface area contributed by atoms with E-state index in [1.807, 2.05) is 0 Å². The number of rotatable bonds is 1. The Morgan fingerprint density at radius 2 is 2.14 bits per heavy atom. The van der Waals surface area contributed by atoms with E-state index >= 15 is 0 Å². The first-order chi connectivity index (χ1) is 6.48. The highest BCUT2D eigenvalue weighted by atomic mass is 35.7. The molecule has 1 aliphatic heterocycles. The predicted molar refractivity (Wildman–Crippen MR) is 51.6 cm³/mol. The van der Waals surface area contributed by atoms with Crippen molar-refractivity contribution in [3.05, 3.63) is 23.4 Å². The first kappa shape index (κ1) is 9.60. The Labute approximate surface area is 84.6 Å². The Morgan fingerprint density at radius 3 is 2.79 bits per heavy atom. The number of nitrogens with zero attached hydrogens (tertiary/aromatic N) is 1. The van der Waals surface area contributed by atoms with Crippen LogP contribution in [0.4, 0.5) is 11.4 Å². The van der Waals surface area contributed by atoms with Crippen LogP contribution in [0.25, 0.3) is 0 Å². The number of fused-ring (bicyclic) bond motifs is 1. The van der Waals surface area contributed by atoms with Gasteiger partial charge in [-0.2, -0.15) is 4.99 Å². The van der Waals surface area contributed by atoms with Crippen LogP contribution in [0.3, 0.4) is 0 Å². The molecule has 5 nitrogen and oxygen atoms in total. The topological polar surface area (TPSA) is 74.0 Å². The molecule has 1 aromatic rings. The lowest BCUT2D eigenvalue weighted by atomic mass is 10.3. The van der Waals surface area contributed by atoms with E-state index in [1.165, 1.54) is 18.2 Å². The Kier molecular flexibility index (Phi) is 2.07. The molecule has 0 amide bonds. The molecule has 0 spiro atoms. The van der Waals surface area contributed by atoms with E-state index in [-0.39, 0.29) is 9.96 Å². The van der Waals surface area contributed by atoms with Gasteiger partial charge in [0.25, 0.3) is 9.05 Å². The molecule has 1 aliphatic rings. The molecule has 0 radical (unpaired) electrons. The fraction of sp³-hybridized carbons (Fsp3) is 0. The first-order valence-corrected chi connectivity index (χ1v) is 5.96. The SMILES string of the molecule is O=S(=O)(Cl)c1ccc2c(c1)N=C[NH+]2[O-]. The van der Waals surface area contributed by atoms with Crippen LogP contribution < -0.4 is 5.06 Å². The molecular formula is C7H5ClN2O3S. The normalized spacial score (nSPS) is 19.7. The molecule has 14 heavy (non-hydrogen) atoms. The van der Waals surface area contributed by atoms with E-state index in [0.29, 0.717) is 11.4 Å². The molecule has 0 aromatic heterocycles. The van der Waals surface area contributed by atoms with Crippen molar-refractivity contribution in [1.29, 1.82) is 0 Å². The summed E-state index contributed by atoms with van der Waals surface area (Å²) in [6.07, 6.45) is 1.15. The van der Waals surface area contributed by atoms with Gasteiger partial charge in [0.1, 0.15) is 5.69 Å². The number of benzene rings is 1. The maximum Gasteiger partial charge on any atom is 0.261 e. The van der Waals surface area contributed by atoms with Gasteiger partial charge in [-0.05, 0) is 12.1 Å². The van der Waals surface area contributed by atoms with Crippen LogP contribution in [0.5, 0.6) is 0 Å². The lowest BCUT2D eigenvalue weighted by Gasteiger charge is -2.10. The third-order valence-corrected chi connectivity index (χ3v) is 3.19. The van der Waals surface area contributed by atoms with Gasteiger partial charge in [-0.3, -0.25) is 5.06 Å². The molecule has 7 heteroatoms. The fourth-order valence-corrected chi connectivity index (χ4v) is 1.95. The number of halogens is 1. The molecule has 1 N–H and O–H groups in total. The first-order valence-electron chi connectivity index (χ1n) is 3.65. The van der Waals surface area contributed by atoms with Crippen LogP contribution >= 0.6 is 10.7 Å². The largest absolute Gasteiger partial charge is 0.623 e. The van der Waals surface area contributed by atoms with Gasteiger partial charge < -0.3 is 5.21 Å². The van der Waals surface area contributed by atoms with Crippen LogP contribution in [0.15, 0.2) is 28.1 Å². The van der Waals surface area contributed by atoms with Crippen molar-refractivity contribution in [2.45, 2.75) is 4.90 Å². The Hall–Kier alpha value is -0.950. The summed E-state index contributed by atoms with van der Waals surface area (Å²) in [6.45, 7) is 0. The van der Waals surface area contributed by atoms with Gasteiger partial charge in [-0.25, -0.2) is 8.42 Å². The molecule has 2 rings (SSSR count). The second kappa shape index (κ2) is 3.03. The van der Waals surface area contributed by atoms with Crippen molar-refractivity contribution >= 4 is 37.4 Å². The van der Waals surface area contributed by atoms with Crippen molar-refractivity contribution in [1.82, 2.24) is 0 Å². The molecule has 1 atom stereocenters. The molecular weight excluding hydrogens is 228 g/mol. The number of hydrogen-bond acceptors (Lipinski definition) is 4. The van der Waals surface area contributed by atoms with Crippen molar-refractivity contribution in [2.75, 3.05) is 0 Å². The summed E-state index contributed by atoms with van der Waals surface area (Å²) in [7, 11) is 1.38. The van der Waals surface area contributed by atoms with Crippen molar-refractivity contribution < 1.29 is 13.5 Å². The summed E-state index contributed by atoms with van der Waals surface area (Å²) in [6, 6.07) is 3.97. The lowest BCUT2D eigenvalue weighted by Crippen LogP contribution is -2.99. The molecule has 74 valence electrons. The molecule has 0 saturated carbocycles. The van der Waals surface area contributed by atoms with E-state index in [0.717, 1.165) is 6.34 Å². The molecule has 0 aliphatic carbocycles. The standard InChI is InChI=1S/C7H5ClN2O3S/c8-14(12,13)5-1-2-7-6(3-5)9-4-10(7)11/h1-4,10H.